The summed E-state index contributed by atoms with van der Waals surface area (Å²) in [5, 5.41) is 3.56. The van der Waals surface area contributed by atoms with Crippen molar-refractivity contribution in [2.24, 2.45) is 0 Å². The lowest BCUT2D eigenvalue weighted by Crippen LogP contribution is -2.45. The summed E-state index contributed by atoms with van der Waals surface area (Å²) in [5.74, 6) is 0. The van der Waals surface area contributed by atoms with Gasteiger partial charge in [0.2, 0.25) is 0 Å². The second kappa shape index (κ2) is 4.83. The minimum Gasteiger partial charge on any atom is -0.312 e. The highest BCUT2D eigenvalue weighted by molar-refractivity contribution is 4.84. The van der Waals surface area contributed by atoms with Crippen molar-refractivity contribution in [2.75, 3.05) is 19.6 Å². The molecule has 2 nitrogen and oxygen atoms in total. The summed E-state index contributed by atoms with van der Waals surface area (Å²) >= 11 is 0. The Morgan fingerprint density at radius 2 is 2.08 bits per heavy atom. The van der Waals surface area contributed by atoms with Crippen LogP contribution in [0.3, 0.4) is 0 Å². The summed E-state index contributed by atoms with van der Waals surface area (Å²) in [4.78, 5) is 2.53. The molecule has 2 heteroatoms. The lowest BCUT2D eigenvalue weighted by atomic mass is 10.1. The van der Waals surface area contributed by atoms with Gasteiger partial charge in [-0.3, -0.25) is 4.90 Å². The van der Waals surface area contributed by atoms with Crippen molar-refractivity contribution in [3.63, 3.8) is 0 Å². The van der Waals surface area contributed by atoms with Crippen LogP contribution in [0.25, 0.3) is 0 Å². The molecule has 0 aromatic rings. The van der Waals surface area contributed by atoms with Gasteiger partial charge in [-0.25, -0.2) is 0 Å². The molecule has 12 heavy (non-hydrogen) atoms. The Bertz CT molecular complexity index is 113. The van der Waals surface area contributed by atoms with Gasteiger partial charge in [0.1, 0.15) is 0 Å². The van der Waals surface area contributed by atoms with Gasteiger partial charge in [-0.1, -0.05) is 13.8 Å². The van der Waals surface area contributed by atoms with Gasteiger partial charge in [0.25, 0.3) is 0 Å². The molecule has 1 saturated heterocycles. The van der Waals surface area contributed by atoms with Crippen molar-refractivity contribution in [2.45, 2.75) is 45.7 Å². The monoisotopic (exact) mass is 170 g/mol. The van der Waals surface area contributed by atoms with E-state index in [1.165, 1.54) is 32.5 Å². The molecule has 1 heterocycles. The molecule has 1 fully saturated rings. The Kier molecular flexibility index (Phi) is 4.02. The lowest BCUT2D eigenvalue weighted by Gasteiger charge is -2.31. The third-order valence-corrected chi connectivity index (χ3v) is 3.07. The summed E-state index contributed by atoms with van der Waals surface area (Å²) in [6.45, 7) is 10.4. The van der Waals surface area contributed by atoms with Gasteiger partial charge in [-0.05, 0) is 39.4 Å². The minimum absolute atomic E-state index is 0.711. The van der Waals surface area contributed by atoms with Crippen molar-refractivity contribution < 1.29 is 0 Å². The van der Waals surface area contributed by atoms with Crippen molar-refractivity contribution in [3.05, 3.63) is 0 Å². The number of rotatable bonds is 4. The number of likely N-dealkylation sites (N-methyl/N-ethyl adjacent to an activating group) is 1. The molecule has 2 unspecified atom stereocenters. The number of hydrogen-bond acceptors (Lipinski definition) is 2. The molecular formula is C10H22N2. The maximum atomic E-state index is 3.56. The fourth-order valence-corrected chi connectivity index (χ4v) is 2.18. The standard InChI is InChI=1S/C10H22N2/c1-4-12(5-2)9(3)10-7-6-8-11-10/h9-11H,4-8H2,1-3H3. The van der Waals surface area contributed by atoms with Crippen LogP contribution in [-0.2, 0) is 0 Å². The van der Waals surface area contributed by atoms with E-state index in [2.05, 4.69) is 31.0 Å². The van der Waals surface area contributed by atoms with E-state index in [1.54, 1.807) is 0 Å². The summed E-state index contributed by atoms with van der Waals surface area (Å²) in [7, 11) is 0. The molecule has 0 aliphatic carbocycles. The average Bonchev–Trinajstić information content (AvgIpc) is 2.58. The van der Waals surface area contributed by atoms with Crippen LogP contribution < -0.4 is 5.32 Å². The Labute approximate surface area is 76.3 Å². The van der Waals surface area contributed by atoms with Crippen molar-refractivity contribution >= 4 is 0 Å². The second-order valence-electron chi connectivity index (χ2n) is 3.66. The Hall–Kier alpha value is -0.0800. The number of hydrogen-bond donors (Lipinski definition) is 1. The highest BCUT2D eigenvalue weighted by Crippen LogP contribution is 2.13. The molecule has 2 atom stereocenters. The first kappa shape index (κ1) is 10.0. The van der Waals surface area contributed by atoms with Gasteiger partial charge in [0, 0.05) is 12.1 Å². The van der Waals surface area contributed by atoms with Crippen LogP contribution in [0, 0.1) is 0 Å². The van der Waals surface area contributed by atoms with E-state index in [4.69, 9.17) is 0 Å². The van der Waals surface area contributed by atoms with Crippen molar-refractivity contribution in [1.29, 1.82) is 0 Å². The van der Waals surface area contributed by atoms with Crippen LogP contribution in [0.15, 0.2) is 0 Å². The van der Waals surface area contributed by atoms with E-state index in [1.807, 2.05) is 0 Å². The normalized spacial score (nSPS) is 26.5. The van der Waals surface area contributed by atoms with Crippen LogP contribution in [-0.4, -0.2) is 36.6 Å². The predicted molar refractivity (Wildman–Crippen MR) is 53.4 cm³/mol. The Balaban J connectivity index is 2.37. The van der Waals surface area contributed by atoms with Crippen LogP contribution in [0.5, 0.6) is 0 Å². The largest absolute Gasteiger partial charge is 0.312 e. The summed E-state index contributed by atoms with van der Waals surface area (Å²) in [6, 6.07) is 1.45. The molecule has 0 radical (unpaired) electrons. The van der Waals surface area contributed by atoms with Crippen molar-refractivity contribution in [3.8, 4) is 0 Å². The van der Waals surface area contributed by atoms with Gasteiger partial charge < -0.3 is 5.32 Å². The van der Waals surface area contributed by atoms with Gasteiger partial charge in [-0.15, -0.1) is 0 Å². The minimum atomic E-state index is 0.711. The number of nitrogens with zero attached hydrogens (tertiary/aromatic N) is 1. The predicted octanol–water partition coefficient (Wildman–Crippen LogP) is 1.47. The molecular weight excluding hydrogens is 148 g/mol. The van der Waals surface area contributed by atoms with E-state index < -0.39 is 0 Å². The quantitative estimate of drug-likeness (QED) is 0.687. The van der Waals surface area contributed by atoms with Gasteiger partial charge in [-0.2, -0.15) is 0 Å². The van der Waals surface area contributed by atoms with Crippen LogP contribution in [0.4, 0.5) is 0 Å². The topological polar surface area (TPSA) is 15.3 Å². The first-order valence-electron chi connectivity index (χ1n) is 5.27. The Morgan fingerprint density at radius 1 is 1.42 bits per heavy atom. The second-order valence-corrected chi connectivity index (χ2v) is 3.66. The molecule has 0 amide bonds. The van der Waals surface area contributed by atoms with Crippen LogP contribution >= 0.6 is 0 Å². The molecule has 1 aliphatic heterocycles. The Morgan fingerprint density at radius 3 is 2.50 bits per heavy atom. The van der Waals surface area contributed by atoms with Gasteiger partial charge in [0.05, 0.1) is 0 Å². The summed E-state index contributed by atoms with van der Waals surface area (Å²) in [6.07, 6.45) is 2.72. The molecule has 1 aliphatic rings. The fourth-order valence-electron chi connectivity index (χ4n) is 2.18. The molecule has 72 valence electrons. The highest BCUT2D eigenvalue weighted by Gasteiger charge is 2.23. The van der Waals surface area contributed by atoms with E-state index >= 15 is 0 Å². The molecule has 0 bridgehead atoms. The summed E-state index contributed by atoms with van der Waals surface area (Å²) in [5.41, 5.74) is 0. The summed E-state index contributed by atoms with van der Waals surface area (Å²) < 4.78 is 0. The van der Waals surface area contributed by atoms with Gasteiger partial charge in [0.15, 0.2) is 0 Å². The lowest BCUT2D eigenvalue weighted by molar-refractivity contribution is 0.194. The zero-order valence-electron chi connectivity index (χ0n) is 8.64. The van der Waals surface area contributed by atoms with E-state index in [-0.39, 0.29) is 0 Å². The first-order valence-corrected chi connectivity index (χ1v) is 5.27. The highest BCUT2D eigenvalue weighted by atomic mass is 15.2. The van der Waals surface area contributed by atoms with Gasteiger partial charge >= 0.3 is 0 Å². The fraction of sp³-hybridized carbons (Fsp3) is 1.00. The third-order valence-electron chi connectivity index (χ3n) is 3.07. The maximum Gasteiger partial charge on any atom is 0.0221 e. The smallest absolute Gasteiger partial charge is 0.0221 e. The molecule has 1 rings (SSSR count). The van der Waals surface area contributed by atoms with E-state index in [0.29, 0.717) is 6.04 Å². The third kappa shape index (κ3) is 2.20. The number of nitrogens with one attached hydrogen (secondary N) is 1. The van der Waals surface area contributed by atoms with Crippen LogP contribution in [0.2, 0.25) is 0 Å². The van der Waals surface area contributed by atoms with E-state index in [9.17, 15) is 0 Å². The molecule has 0 saturated carbocycles. The molecule has 1 N–H and O–H groups in total. The zero-order valence-corrected chi connectivity index (χ0v) is 8.64. The zero-order chi connectivity index (χ0) is 8.97. The van der Waals surface area contributed by atoms with E-state index in [0.717, 1.165) is 6.04 Å². The molecule has 0 aromatic heterocycles. The SMILES string of the molecule is CCN(CC)C(C)C1CCCN1. The molecule has 0 spiro atoms. The molecule has 0 aromatic carbocycles. The first-order chi connectivity index (χ1) is 5.79. The maximum absolute atomic E-state index is 3.56. The average molecular weight is 170 g/mol. The van der Waals surface area contributed by atoms with Crippen LogP contribution in [0.1, 0.15) is 33.6 Å². The van der Waals surface area contributed by atoms with Crippen molar-refractivity contribution in [1.82, 2.24) is 10.2 Å².